The van der Waals surface area contributed by atoms with E-state index in [1.165, 1.54) is 29.7 Å². The summed E-state index contributed by atoms with van der Waals surface area (Å²) in [4.78, 5) is 11.7. The summed E-state index contributed by atoms with van der Waals surface area (Å²) in [6.45, 7) is 1.66. The topological polar surface area (TPSA) is 58.3 Å². The standard InChI is InChI=1S/C17H20N6S2/c1-22-9-11(7-20-22)14-8-19-16(17-18-4-5-24-17)23-10-12(6-15(14)23)21-25-13-2-3-13/h4-5,7,9,12-13,21H,2-3,6,8,10H2,1H3. The van der Waals surface area contributed by atoms with Crippen molar-refractivity contribution in [1.29, 1.82) is 0 Å². The maximum absolute atomic E-state index is 4.88. The first-order chi connectivity index (χ1) is 12.3. The molecule has 1 aliphatic carbocycles. The number of hydrogen-bond acceptors (Lipinski definition) is 7. The van der Waals surface area contributed by atoms with Crippen LogP contribution in [0.25, 0.3) is 5.57 Å². The average Bonchev–Trinajstić information content (AvgIpc) is 3.03. The van der Waals surface area contributed by atoms with Gasteiger partial charge in [-0.2, -0.15) is 5.10 Å². The van der Waals surface area contributed by atoms with E-state index < -0.39 is 0 Å². The second-order valence-electron chi connectivity index (χ2n) is 6.75. The van der Waals surface area contributed by atoms with Gasteiger partial charge in [-0.3, -0.25) is 14.4 Å². The number of aliphatic imine (C=N–C) groups is 1. The van der Waals surface area contributed by atoms with Gasteiger partial charge in [0, 0.05) is 65.9 Å². The first kappa shape index (κ1) is 15.6. The minimum Gasteiger partial charge on any atom is -0.326 e. The molecule has 1 unspecified atom stereocenters. The van der Waals surface area contributed by atoms with Crippen molar-refractivity contribution in [3.8, 4) is 0 Å². The van der Waals surface area contributed by atoms with Crippen molar-refractivity contribution in [1.82, 2.24) is 24.4 Å². The molecule has 1 saturated carbocycles. The quantitative estimate of drug-likeness (QED) is 0.818. The van der Waals surface area contributed by atoms with Gasteiger partial charge in [0.2, 0.25) is 0 Å². The van der Waals surface area contributed by atoms with Gasteiger partial charge in [-0.25, -0.2) is 4.98 Å². The molecule has 5 rings (SSSR count). The van der Waals surface area contributed by atoms with E-state index in [4.69, 9.17) is 4.99 Å². The number of amidine groups is 1. The van der Waals surface area contributed by atoms with Gasteiger partial charge >= 0.3 is 0 Å². The third kappa shape index (κ3) is 3.02. The molecule has 130 valence electrons. The number of fused-ring (bicyclic) bond motifs is 1. The highest BCUT2D eigenvalue weighted by molar-refractivity contribution is 7.98. The molecule has 4 heterocycles. The van der Waals surface area contributed by atoms with Gasteiger partial charge in [-0.05, 0) is 12.8 Å². The van der Waals surface area contributed by atoms with Crippen molar-refractivity contribution in [3.05, 3.63) is 40.2 Å². The van der Waals surface area contributed by atoms with E-state index in [0.717, 1.165) is 29.1 Å². The zero-order valence-electron chi connectivity index (χ0n) is 14.1. The lowest BCUT2D eigenvalue weighted by molar-refractivity contribution is 0.545. The number of thiazole rings is 1. The number of aromatic nitrogens is 3. The molecule has 3 aliphatic rings. The largest absolute Gasteiger partial charge is 0.326 e. The zero-order chi connectivity index (χ0) is 16.8. The Kier molecular flexibility index (Phi) is 3.91. The highest BCUT2D eigenvalue weighted by atomic mass is 32.2. The molecule has 6 nitrogen and oxygen atoms in total. The van der Waals surface area contributed by atoms with E-state index in [-0.39, 0.29) is 0 Å². The Bertz CT molecular complexity index is 833. The minimum atomic E-state index is 0.454. The second kappa shape index (κ2) is 6.26. The average molecular weight is 373 g/mol. The van der Waals surface area contributed by atoms with Crippen LogP contribution in [-0.2, 0) is 7.05 Å². The van der Waals surface area contributed by atoms with Crippen LogP contribution in [0.2, 0.25) is 0 Å². The van der Waals surface area contributed by atoms with Crippen LogP contribution in [0.3, 0.4) is 0 Å². The molecule has 1 atom stereocenters. The predicted molar refractivity (Wildman–Crippen MR) is 103 cm³/mol. The number of aryl methyl sites for hydroxylation is 1. The van der Waals surface area contributed by atoms with Crippen molar-refractivity contribution in [3.63, 3.8) is 0 Å². The number of rotatable bonds is 5. The summed E-state index contributed by atoms with van der Waals surface area (Å²) in [5.74, 6) is 1.03. The first-order valence-corrected chi connectivity index (χ1v) is 10.4. The first-order valence-electron chi connectivity index (χ1n) is 8.62. The van der Waals surface area contributed by atoms with Gasteiger partial charge in [-0.15, -0.1) is 11.3 Å². The molecule has 0 bridgehead atoms. The Balaban J connectivity index is 1.46. The molecule has 2 fully saturated rings. The van der Waals surface area contributed by atoms with Crippen molar-refractivity contribution in [2.24, 2.45) is 12.0 Å². The van der Waals surface area contributed by atoms with Crippen LogP contribution in [0.15, 0.2) is 34.7 Å². The van der Waals surface area contributed by atoms with Crippen molar-refractivity contribution >= 4 is 34.7 Å². The monoisotopic (exact) mass is 372 g/mol. The van der Waals surface area contributed by atoms with Gasteiger partial charge in [0.1, 0.15) is 0 Å². The van der Waals surface area contributed by atoms with Gasteiger partial charge in [0.05, 0.1) is 12.7 Å². The SMILES string of the molecule is Cn1cc(C2=C3CC(NSC4CC4)CN3C(c3nccs3)=NC2)cn1. The lowest BCUT2D eigenvalue weighted by atomic mass is 10.0. The van der Waals surface area contributed by atoms with Gasteiger partial charge < -0.3 is 4.90 Å². The molecule has 25 heavy (non-hydrogen) atoms. The Morgan fingerprint density at radius 2 is 2.28 bits per heavy atom. The molecule has 0 spiro atoms. The van der Waals surface area contributed by atoms with Gasteiger partial charge in [0.25, 0.3) is 0 Å². The third-order valence-electron chi connectivity index (χ3n) is 4.76. The molecule has 2 aliphatic heterocycles. The van der Waals surface area contributed by atoms with Crippen LogP contribution in [0.4, 0.5) is 0 Å². The number of nitrogens with zero attached hydrogens (tertiary/aromatic N) is 5. The summed E-state index contributed by atoms with van der Waals surface area (Å²) in [6.07, 6.45) is 9.63. The summed E-state index contributed by atoms with van der Waals surface area (Å²) >= 11 is 3.58. The Morgan fingerprint density at radius 1 is 1.36 bits per heavy atom. The predicted octanol–water partition coefficient (Wildman–Crippen LogP) is 2.52. The van der Waals surface area contributed by atoms with E-state index in [1.807, 2.05) is 41.5 Å². The van der Waals surface area contributed by atoms with Gasteiger partial charge in [-0.1, -0.05) is 11.9 Å². The molecule has 0 amide bonds. The summed E-state index contributed by atoms with van der Waals surface area (Å²) in [5.41, 5.74) is 3.86. The Morgan fingerprint density at radius 3 is 3.00 bits per heavy atom. The van der Waals surface area contributed by atoms with Crippen LogP contribution in [-0.4, -0.2) is 49.9 Å². The lowest BCUT2D eigenvalue weighted by Gasteiger charge is -2.27. The summed E-state index contributed by atoms with van der Waals surface area (Å²) in [6, 6.07) is 0.454. The van der Waals surface area contributed by atoms with Crippen molar-refractivity contribution < 1.29 is 0 Å². The number of nitrogens with one attached hydrogen (secondary N) is 1. The Labute approximate surface area is 155 Å². The van der Waals surface area contributed by atoms with Gasteiger partial charge in [0.15, 0.2) is 10.8 Å². The highest BCUT2D eigenvalue weighted by Crippen LogP contribution is 2.37. The van der Waals surface area contributed by atoms with E-state index in [0.29, 0.717) is 12.6 Å². The maximum atomic E-state index is 4.88. The lowest BCUT2D eigenvalue weighted by Crippen LogP contribution is -2.35. The third-order valence-corrected chi connectivity index (χ3v) is 6.81. The fourth-order valence-electron chi connectivity index (χ4n) is 3.38. The second-order valence-corrected chi connectivity index (χ2v) is 8.78. The molecule has 2 aromatic rings. The van der Waals surface area contributed by atoms with E-state index in [1.54, 1.807) is 11.3 Å². The molecular weight excluding hydrogens is 352 g/mol. The molecule has 0 radical (unpaired) electrons. The molecule has 1 saturated heterocycles. The number of hydrogen-bond donors (Lipinski definition) is 1. The normalized spacial score (nSPS) is 23.2. The highest BCUT2D eigenvalue weighted by Gasteiger charge is 2.36. The molecule has 2 aromatic heterocycles. The molecule has 1 N–H and O–H groups in total. The van der Waals surface area contributed by atoms with Crippen LogP contribution in [0.1, 0.15) is 29.8 Å². The van der Waals surface area contributed by atoms with Crippen LogP contribution < -0.4 is 4.72 Å². The summed E-state index contributed by atoms with van der Waals surface area (Å²) in [7, 11) is 1.96. The maximum Gasteiger partial charge on any atom is 0.165 e. The smallest absolute Gasteiger partial charge is 0.165 e. The van der Waals surface area contributed by atoms with Crippen LogP contribution in [0.5, 0.6) is 0 Å². The minimum absolute atomic E-state index is 0.454. The molecular formula is C17H20N6S2. The fraction of sp³-hybridized carbons (Fsp3) is 0.471. The van der Waals surface area contributed by atoms with E-state index in [9.17, 15) is 0 Å². The van der Waals surface area contributed by atoms with Crippen LogP contribution in [0, 0.1) is 0 Å². The Hall–Kier alpha value is -1.64. The van der Waals surface area contributed by atoms with Crippen LogP contribution >= 0.6 is 23.3 Å². The van der Waals surface area contributed by atoms with E-state index in [2.05, 4.69) is 25.9 Å². The summed E-state index contributed by atoms with van der Waals surface area (Å²) in [5, 5.41) is 8.20. The summed E-state index contributed by atoms with van der Waals surface area (Å²) < 4.78 is 5.55. The fourth-order valence-corrected chi connectivity index (χ4v) is 4.95. The van der Waals surface area contributed by atoms with E-state index >= 15 is 0 Å². The molecule has 8 heteroatoms. The molecule has 0 aromatic carbocycles. The van der Waals surface area contributed by atoms with Crippen molar-refractivity contribution in [2.75, 3.05) is 13.1 Å². The zero-order valence-corrected chi connectivity index (χ0v) is 15.7. The van der Waals surface area contributed by atoms with Crippen molar-refractivity contribution in [2.45, 2.75) is 30.6 Å².